The van der Waals surface area contributed by atoms with Gasteiger partial charge in [0.15, 0.2) is 0 Å². The van der Waals surface area contributed by atoms with Gasteiger partial charge in [0.05, 0.1) is 6.54 Å². The van der Waals surface area contributed by atoms with Crippen molar-refractivity contribution >= 4 is 12.4 Å². The SMILES string of the molecule is Cl.N#Cc1noc(CN)n1. The smallest absolute Gasteiger partial charge is 0.273 e. The second-order valence-electron chi connectivity index (χ2n) is 1.33. The molecular formula is C4H5ClN4O. The van der Waals surface area contributed by atoms with Crippen molar-refractivity contribution in [3.8, 4) is 6.07 Å². The van der Waals surface area contributed by atoms with Crippen LogP contribution in [0.15, 0.2) is 4.52 Å². The van der Waals surface area contributed by atoms with Crippen molar-refractivity contribution in [2.75, 3.05) is 0 Å². The number of nitrogens with two attached hydrogens (primary N) is 1. The van der Waals surface area contributed by atoms with E-state index in [4.69, 9.17) is 11.0 Å². The van der Waals surface area contributed by atoms with Crippen molar-refractivity contribution < 1.29 is 4.52 Å². The molecule has 0 spiro atoms. The average molecular weight is 161 g/mol. The van der Waals surface area contributed by atoms with Crippen LogP contribution in [0.3, 0.4) is 0 Å². The van der Waals surface area contributed by atoms with Crippen LogP contribution in [0.4, 0.5) is 0 Å². The zero-order chi connectivity index (χ0) is 6.69. The van der Waals surface area contributed by atoms with Gasteiger partial charge in [0.25, 0.3) is 5.82 Å². The van der Waals surface area contributed by atoms with E-state index in [0.29, 0.717) is 0 Å². The van der Waals surface area contributed by atoms with Crippen molar-refractivity contribution in [3.63, 3.8) is 0 Å². The number of hydrogen-bond donors (Lipinski definition) is 1. The Hall–Kier alpha value is -1.12. The van der Waals surface area contributed by atoms with Crippen molar-refractivity contribution in [2.45, 2.75) is 6.54 Å². The molecule has 0 aliphatic carbocycles. The summed E-state index contributed by atoms with van der Waals surface area (Å²) in [6.45, 7) is 0.175. The first-order valence-corrected chi connectivity index (χ1v) is 2.29. The van der Waals surface area contributed by atoms with E-state index >= 15 is 0 Å². The van der Waals surface area contributed by atoms with Gasteiger partial charge in [-0.1, -0.05) is 0 Å². The van der Waals surface area contributed by atoms with Crippen LogP contribution in [0, 0.1) is 11.3 Å². The van der Waals surface area contributed by atoms with Crippen molar-refractivity contribution in [1.82, 2.24) is 10.1 Å². The van der Waals surface area contributed by atoms with Crippen LogP contribution in [-0.2, 0) is 6.54 Å². The minimum atomic E-state index is 0. The van der Waals surface area contributed by atoms with Gasteiger partial charge in [-0.25, -0.2) is 0 Å². The Balaban J connectivity index is 0.000000810. The topological polar surface area (TPSA) is 88.7 Å². The minimum absolute atomic E-state index is 0. The van der Waals surface area contributed by atoms with Crippen LogP contribution in [0.25, 0.3) is 0 Å². The summed E-state index contributed by atoms with van der Waals surface area (Å²) in [6.07, 6.45) is 0. The van der Waals surface area contributed by atoms with Gasteiger partial charge in [0.2, 0.25) is 5.89 Å². The quantitative estimate of drug-likeness (QED) is 0.616. The Morgan fingerprint density at radius 3 is 2.70 bits per heavy atom. The average Bonchev–Trinajstić information content (AvgIpc) is 2.34. The van der Waals surface area contributed by atoms with Gasteiger partial charge in [0, 0.05) is 0 Å². The molecule has 0 saturated carbocycles. The normalized spacial score (nSPS) is 8.00. The predicted octanol–water partition coefficient (Wildman–Crippen LogP) is -0.178. The first kappa shape index (κ1) is 8.88. The number of aromatic nitrogens is 2. The molecule has 0 bridgehead atoms. The molecule has 2 N–H and O–H groups in total. The molecule has 1 aromatic heterocycles. The molecule has 10 heavy (non-hydrogen) atoms. The second kappa shape index (κ2) is 3.82. The molecular weight excluding hydrogens is 156 g/mol. The third-order valence-corrected chi connectivity index (χ3v) is 0.743. The van der Waals surface area contributed by atoms with Gasteiger partial charge in [0.1, 0.15) is 6.07 Å². The van der Waals surface area contributed by atoms with E-state index in [1.807, 2.05) is 0 Å². The van der Waals surface area contributed by atoms with Gasteiger partial charge in [-0.05, 0) is 5.16 Å². The summed E-state index contributed by atoms with van der Waals surface area (Å²) in [5.41, 5.74) is 5.11. The summed E-state index contributed by atoms with van der Waals surface area (Å²) in [6, 6.07) is 1.71. The van der Waals surface area contributed by atoms with Gasteiger partial charge in [-0.15, -0.1) is 12.4 Å². The third-order valence-electron chi connectivity index (χ3n) is 0.743. The summed E-state index contributed by atoms with van der Waals surface area (Å²) in [7, 11) is 0. The molecule has 0 saturated heterocycles. The Labute approximate surface area is 63.2 Å². The number of halogens is 1. The lowest BCUT2D eigenvalue weighted by molar-refractivity contribution is 0.378. The van der Waals surface area contributed by atoms with Crippen molar-refractivity contribution in [1.29, 1.82) is 5.26 Å². The Morgan fingerprint density at radius 2 is 2.40 bits per heavy atom. The van der Waals surface area contributed by atoms with Gasteiger partial charge in [-0.2, -0.15) is 10.2 Å². The molecule has 0 aliphatic rings. The molecule has 0 amide bonds. The van der Waals surface area contributed by atoms with Crippen molar-refractivity contribution in [2.24, 2.45) is 5.73 Å². The number of nitrogens with zero attached hydrogens (tertiary/aromatic N) is 3. The highest BCUT2D eigenvalue weighted by atomic mass is 35.5. The summed E-state index contributed by atoms with van der Waals surface area (Å²) in [5, 5.41) is 11.4. The lowest BCUT2D eigenvalue weighted by Crippen LogP contribution is -1.95. The number of hydrogen-bond acceptors (Lipinski definition) is 5. The first-order chi connectivity index (χ1) is 4.36. The molecule has 0 aromatic carbocycles. The van der Waals surface area contributed by atoms with Crippen LogP contribution in [0.1, 0.15) is 11.7 Å². The maximum absolute atomic E-state index is 8.17. The van der Waals surface area contributed by atoms with Gasteiger partial charge >= 0.3 is 0 Å². The van der Waals surface area contributed by atoms with Gasteiger partial charge < -0.3 is 10.3 Å². The summed E-state index contributed by atoms with van der Waals surface area (Å²) >= 11 is 0. The van der Waals surface area contributed by atoms with E-state index in [0.717, 1.165) is 0 Å². The number of rotatable bonds is 1. The molecule has 0 aliphatic heterocycles. The molecule has 0 atom stereocenters. The van der Waals surface area contributed by atoms with Crippen LogP contribution >= 0.6 is 12.4 Å². The summed E-state index contributed by atoms with van der Waals surface area (Å²) in [4.78, 5) is 3.58. The third kappa shape index (κ3) is 1.69. The van der Waals surface area contributed by atoms with Crippen molar-refractivity contribution in [3.05, 3.63) is 11.7 Å². The molecule has 6 heteroatoms. The highest BCUT2D eigenvalue weighted by molar-refractivity contribution is 5.85. The summed E-state index contributed by atoms with van der Waals surface area (Å²) in [5.74, 6) is 0.307. The predicted molar refractivity (Wildman–Crippen MR) is 34.2 cm³/mol. The molecule has 1 rings (SSSR count). The lowest BCUT2D eigenvalue weighted by atomic mass is 10.6. The van der Waals surface area contributed by atoms with Crippen LogP contribution in [-0.4, -0.2) is 10.1 Å². The highest BCUT2D eigenvalue weighted by Gasteiger charge is 2.00. The molecule has 1 aromatic rings. The Morgan fingerprint density at radius 1 is 1.70 bits per heavy atom. The van der Waals surface area contributed by atoms with E-state index < -0.39 is 0 Å². The monoisotopic (exact) mass is 160 g/mol. The van der Waals surface area contributed by atoms with Gasteiger partial charge in [-0.3, -0.25) is 0 Å². The Kier molecular flexibility index (Phi) is 3.39. The maximum atomic E-state index is 8.17. The van der Waals surface area contributed by atoms with E-state index in [2.05, 4.69) is 14.7 Å². The molecule has 5 nitrogen and oxygen atoms in total. The fourth-order valence-corrected chi connectivity index (χ4v) is 0.383. The van der Waals surface area contributed by atoms with E-state index in [9.17, 15) is 0 Å². The molecule has 0 fully saturated rings. The summed E-state index contributed by atoms with van der Waals surface area (Å²) < 4.78 is 4.50. The fourth-order valence-electron chi connectivity index (χ4n) is 0.383. The second-order valence-corrected chi connectivity index (χ2v) is 1.33. The largest absolute Gasteiger partial charge is 0.337 e. The van der Waals surface area contributed by atoms with E-state index in [1.165, 1.54) is 0 Å². The lowest BCUT2D eigenvalue weighted by Gasteiger charge is -1.75. The standard InChI is InChI=1S/C4H4N4O.ClH/c5-1-3-7-4(2-6)9-8-3;/h2,6H2;1H. The number of nitriles is 1. The van der Waals surface area contributed by atoms with Crippen LogP contribution in [0.5, 0.6) is 0 Å². The molecule has 1 heterocycles. The maximum Gasteiger partial charge on any atom is 0.273 e. The van der Waals surface area contributed by atoms with Crippen LogP contribution in [0.2, 0.25) is 0 Å². The van der Waals surface area contributed by atoms with E-state index in [-0.39, 0.29) is 30.7 Å². The molecule has 54 valence electrons. The van der Waals surface area contributed by atoms with E-state index in [1.54, 1.807) is 6.07 Å². The fraction of sp³-hybridized carbons (Fsp3) is 0.250. The zero-order valence-corrected chi connectivity index (χ0v) is 5.76. The first-order valence-electron chi connectivity index (χ1n) is 2.29. The molecule has 0 radical (unpaired) electrons. The highest BCUT2D eigenvalue weighted by Crippen LogP contribution is 1.91. The Bertz CT molecular complexity index is 240. The minimum Gasteiger partial charge on any atom is -0.337 e. The molecule has 0 unspecified atom stereocenters. The zero-order valence-electron chi connectivity index (χ0n) is 4.94. The van der Waals surface area contributed by atoms with Crippen LogP contribution < -0.4 is 5.73 Å².